The van der Waals surface area contributed by atoms with Gasteiger partial charge < -0.3 is 4.90 Å². The normalized spacial score (nSPS) is 18.7. The lowest BCUT2D eigenvalue weighted by molar-refractivity contribution is 0.540. The van der Waals surface area contributed by atoms with Crippen LogP contribution in [0.15, 0.2) is 24.5 Å². The van der Waals surface area contributed by atoms with Crippen LogP contribution in [0.5, 0.6) is 0 Å². The lowest BCUT2D eigenvalue weighted by atomic mass is 10.1. The minimum atomic E-state index is -3.40. The Labute approximate surface area is 99.7 Å². The molecule has 0 radical (unpaired) electrons. The minimum absolute atomic E-state index is 0.396. The van der Waals surface area contributed by atoms with Crippen molar-refractivity contribution in [2.45, 2.75) is 18.1 Å². The first-order chi connectivity index (χ1) is 7.57. The van der Waals surface area contributed by atoms with Crippen molar-refractivity contribution in [3.05, 3.63) is 24.5 Å². The highest BCUT2D eigenvalue weighted by Gasteiger charge is 2.28. The van der Waals surface area contributed by atoms with E-state index < -0.39 is 14.3 Å². The van der Waals surface area contributed by atoms with Crippen LogP contribution in [-0.2, 0) is 9.05 Å². The Hall–Kier alpha value is -0.810. The van der Waals surface area contributed by atoms with Crippen LogP contribution in [0.2, 0.25) is 0 Å². The Morgan fingerprint density at radius 1 is 1.25 bits per heavy atom. The van der Waals surface area contributed by atoms with Gasteiger partial charge in [-0.2, -0.15) is 0 Å². The van der Waals surface area contributed by atoms with E-state index >= 15 is 0 Å². The summed E-state index contributed by atoms with van der Waals surface area (Å²) in [7, 11) is 1.95. The second kappa shape index (κ2) is 4.59. The first-order valence-electron chi connectivity index (χ1n) is 5.16. The first kappa shape index (κ1) is 11.7. The van der Waals surface area contributed by atoms with Gasteiger partial charge in [-0.15, -0.1) is 0 Å². The molecule has 1 saturated heterocycles. The Bertz CT molecular complexity index is 441. The molecule has 0 aliphatic carbocycles. The molecule has 0 unspecified atom stereocenters. The molecule has 1 fully saturated rings. The van der Waals surface area contributed by atoms with Crippen LogP contribution >= 0.6 is 10.7 Å². The zero-order valence-electron chi connectivity index (χ0n) is 8.71. The molecule has 2 heterocycles. The fraction of sp³-hybridized carbons (Fsp3) is 0.500. The molecule has 16 heavy (non-hydrogen) atoms. The van der Waals surface area contributed by atoms with Gasteiger partial charge in [-0.25, -0.2) is 8.42 Å². The molecule has 2 rings (SSSR count). The van der Waals surface area contributed by atoms with Crippen LogP contribution in [0, 0.1) is 0 Å². The molecule has 88 valence electrons. The highest BCUT2D eigenvalue weighted by molar-refractivity contribution is 8.14. The number of piperidine rings is 1. The molecular formula is C10H13ClN2O2S. The molecule has 0 amide bonds. The number of nitrogens with zero attached hydrogens (tertiary/aromatic N) is 2. The quantitative estimate of drug-likeness (QED) is 0.759. The number of hydrogen-bond acceptors (Lipinski definition) is 4. The van der Waals surface area contributed by atoms with E-state index in [1.807, 2.05) is 12.1 Å². The molecule has 1 aliphatic heterocycles. The summed E-state index contributed by atoms with van der Waals surface area (Å²) in [5.41, 5.74) is 1.08. The maximum Gasteiger partial charge on any atom is 0.235 e. The molecule has 1 aliphatic rings. The molecule has 0 saturated carbocycles. The minimum Gasteiger partial charge on any atom is -0.371 e. The van der Waals surface area contributed by atoms with Crippen molar-refractivity contribution in [1.29, 1.82) is 0 Å². The fourth-order valence-electron chi connectivity index (χ4n) is 1.95. The zero-order chi connectivity index (χ0) is 11.6. The summed E-state index contributed by atoms with van der Waals surface area (Å²) >= 11 is 0. The van der Waals surface area contributed by atoms with Crippen molar-refractivity contribution < 1.29 is 8.42 Å². The van der Waals surface area contributed by atoms with Crippen LogP contribution in [-0.4, -0.2) is 31.7 Å². The number of rotatable bonds is 2. The molecule has 0 N–H and O–H groups in total. The zero-order valence-corrected chi connectivity index (χ0v) is 10.3. The van der Waals surface area contributed by atoms with Gasteiger partial charge in [0, 0.05) is 41.9 Å². The van der Waals surface area contributed by atoms with Gasteiger partial charge in [0.25, 0.3) is 0 Å². The van der Waals surface area contributed by atoms with Crippen molar-refractivity contribution in [1.82, 2.24) is 4.98 Å². The summed E-state index contributed by atoms with van der Waals surface area (Å²) < 4.78 is 22.3. The van der Waals surface area contributed by atoms with Crippen LogP contribution in [0.4, 0.5) is 5.69 Å². The third-order valence-electron chi connectivity index (χ3n) is 2.87. The summed E-state index contributed by atoms with van der Waals surface area (Å²) in [6, 6.07) is 3.85. The van der Waals surface area contributed by atoms with Gasteiger partial charge in [-0.3, -0.25) is 4.98 Å². The fourth-order valence-corrected chi connectivity index (χ4v) is 3.26. The molecule has 0 spiro atoms. The Morgan fingerprint density at radius 3 is 2.31 bits per heavy atom. The maximum absolute atomic E-state index is 11.2. The van der Waals surface area contributed by atoms with Crippen LogP contribution in [0.25, 0.3) is 0 Å². The average molecular weight is 261 g/mol. The lowest BCUT2D eigenvalue weighted by Crippen LogP contribution is -2.38. The monoisotopic (exact) mass is 260 g/mol. The van der Waals surface area contributed by atoms with Crippen molar-refractivity contribution in [3.63, 3.8) is 0 Å². The Kier molecular flexibility index (Phi) is 3.35. The Morgan fingerprint density at radius 2 is 1.81 bits per heavy atom. The SMILES string of the molecule is O=S(=O)(Cl)C1CCN(c2ccncc2)CC1. The van der Waals surface area contributed by atoms with Gasteiger partial charge in [-0.1, -0.05) is 0 Å². The van der Waals surface area contributed by atoms with Crippen LogP contribution in [0.3, 0.4) is 0 Å². The van der Waals surface area contributed by atoms with E-state index in [0.29, 0.717) is 12.8 Å². The van der Waals surface area contributed by atoms with Gasteiger partial charge in [0.15, 0.2) is 0 Å². The second-order valence-electron chi connectivity index (χ2n) is 3.87. The highest BCUT2D eigenvalue weighted by atomic mass is 35.7. The van der Waals surface area contributed by atoms with Crippen LogP contribution in [0.1, 0.15) is 12.8 Å². The second-order valence-corrected chi connectivity index (χ2v) is 6.78. The van der Waals surface area contributed by atoms with Gasteiger partial charge in [0.1, 0.15) is 0 Å². The molecule has 0 aromatic carbocycles. The Balaban J connectivity index is 2.01. The summed E-state index contributed by atoms with van der Waals surface area (Å²) in [6.45, 7) is 1.45. The summed E-state index contributed by atoms with van der Waals surface area (Å²) in [6.07, 6.45) is 4.65. The third kappa shape index (κ3) is 2.65. The van der Waals surface area contributed by atoms with E-state index in [9.17, 15) is 8.42 Å². The average Bonchev–Trinajstić information content (AvgIpc) is 2.29. The van der Waals surface area contributed by atoms with Gasteiger partial charge in [-0.05, 0) is 25.0 Å². The van der Waals surface area contributed by atoms with Crippen molar-refractivity contribution in [2.75, 3.05) is 18.0 Å². The molecular weight excluding hydrogens is 248 g/mol. The summed E-state index contributed by atoms with van der Waals surface area (Å²) in [5.74, 6) is 0. The smallest absolute Gasteiger partial charge is 0.235 e. The lowest BCUT2D eigenvalue weighted by Gasteiger charge is -2.32. The number of anilines is 1. The maximum atomic E-state index is 11.2. The van der Waals surface area contributed by atoms with E-state index in [-0.39, 0.29) is 0 Å². The molecule has 0 atom stereocenters. The van der Waals surface area contributed by atoms with Crippen LogP contribution < -0.4 is 4.90 Å². The molecule has 6 heteroatoms. The molecule has 0 bridgehead atoms. The highest BCUT2D eigenvalue weighted by Crippen LogP contribution is 2.24. The van der Waals surface area contributed by atoms with E-state index in [1.165, 1.54) is 0 Å². The largest absolute Gasteiger partial charge is 0.371 e. The van der Waals surface area contributed by atoms with Crippen molar-refractivity contribution in [2.24, 2.45) is 0 Å². The number of halogens is 1. The first-order valence-corrected chi connectivity index (χ1v) is 7.53. The predicted molar refractivity (Wildman–Crippen MR) is 64.2 cm³/mol. The molecule has 4 nitrogen and oxygen atoms in total. The molecule has 1 aromatic rings. The summed E-state index contributed by atoms with van der Waals surface area (Å²) in [5, 5.41) is -0.396. The number of pyridine rings is 1. The van der Waals surface area contributed by atoms with E-state index in [4.69, 9.17) is 10.7 Å². The van der Waals surface area contributed by atoms with E-state index in [2.05, 4.69) is 9.88 Å². The predicted octanol–water partition coefficient (Wildman–Crippen LogP) is 1.62. The number of hydrogen-bond donors (Lipinski definition) is 0. The van der Waals surface area contributed by atoms with Crippen molar-refractivity contribution >= 4 is 25.4 Å². The van der Waals surface area contributed by atoms with Gasteiger partial charge in [0.05, 0.1) is 5.25 Å². The van der Waals surface area contributed by atoms with Gasteiger partial charge in [0.2, 0.25) is 9.05 Å². The standard InChI is InChI=1S/C10H13ClN2O2S/c11-16(14,15)10-3-7-13(8-4-10)9-1-5-12-6-2-9/h1-2,5-6,10H,3-4,7-8H2. The van der Waals surface area contributed by atoms with E-state index in [1.54, 1.807) is 12.4 Å². The van der Waals surface area contributed by atoms with Gasteiger partial charge >= 0.3 is 0 Å². The topological polar surface area (TPSA) is 50.3 Å². The van der Waals surface area contributed by atoms with E-state index in [0.717, 1.165) is 18.8 Å². The number of aromatic nitrogens is 1. The summed E-state index contributed by atoms with van der Waals surface area (Å²) in [4.78, 5) is 6.10. The molecule has 1 aromatic heterocycles. The third-order valence-corrected chi connectivity index (χ3v) is 4.89. The van der Waals surface area contributed by atoms with Crippen molar-refractivity contribution in [3.8, 4) is 0 Å².